The second kappa shape index (κ2) is 3.75. The van der Waals surface area contributed by atoms with Gasteiger partial charge in [-0.3, -0.25) is 4.79 Å². The Morgan fingerprint density at radius 3 is 3.00 bits per heavy atom. The van der Waals surface area contributed by atoms with Crippen LogP contribution >= 0.6 is 0 Å². The lowest BCUT2D eigenvalue weighted by atomic mass is 9.63. The Hall–Kier alpha value is -0.530. The van der Waals surface area contributed by atoms with Crippen LogP contribution in [0.5, 0.6) is 0 Å². The summed E-state index contributed by atoms with van der Waals surface area (Å²) < 4.78 is 5.89. The van der Waals surface area contributed by atoms with Gasteiger partial charge in [-0.15, -0.1) is 0 Å². The first kappa shape index (κ1) is 10.6. The molecule has 0 aromatic heterocycles. The van der Waals surface area contributed by atoms with Crippen LogP contribution in [0, 0.1) is 17.8 Å². The molecule has 0 spiro atoms. The average Bonchev–Trinajstić information content (AvgIpc) is 2.75. The van der Waals surface area contributed by atoms with Crippen molar-refractivity contribution in [3.8, 4) is 0 Å². The van der Waals surface area contributed by atoms with E-state index in [0.29, 0.717) is 12.3 Å². The molecule has 0 saturated heterocycles. The summed E-state index contributed by atoms with van der Waals surface area (Å²) >= 11 is 0. The van der Waals surface area contributed by atoms with Crippen molar-refractivity contribution in [1.82, 2.24) is 0 Å². The summed E-state index contributed by atoms with van der Waals surface area (Å²) in [4.78, 5) is 11.6. The maximum atomic E-state index is 11.6. The Morgan fingerprint density at radius 2 is 2.19 bits per heavy atom. The van der Waals surface area contributed by atoms with Crippen molar-refractivity contribution in [3.63, 3.8) is 0 Å². The van der Waals surface area contributed by atoms with Crippen molar-refractivity contribution in [1.29, 1.82) is 0 Å². The van der Waals surface area contributed by atoms with Crippen LogP contribution in [-0.4, -0.2) is 11.6 Å². The number of carbonyl (C=O) groups excluding carboxylic acids is 1. The van der Waals surface area contributed by atoms with Gasteiger partial charge < -0.3 is 4.74 Å². The molecular weight excluding hydrogens is 200 g/mol. The quantitative estimate of drug-likeness (QED) is 0.670. The summed E-state index contributed by atoms with van der Waals surface area (Å²) in [5.74, 6) is 2.52. The molecule has 3 rings (SSSR count). The van der Waals surface area contributed by atoms with Crippen LogP contribution in [0.4, 0.5) is 0 Å². The molecule has 0 aromatic carbocycles. The van der Waals surface area contributed by atoms with Crippen LogP contribution in [-0.2, 0) is 9.53 Å². The van der Waals surface area contributed by atoms with E-state index in [1.54, 1.807) is 0 Å². The molecule has 3 aliphatic carbocycles. The normalized spacial score (nSPS) is 45.4. The van der Waals surface area contributed by atoms with Crippen molar-refractivity contribution in [2.75, 3.05) is 0 Å². The predicted octanol–water partition coefficient (Wildman–Crippen LogP) is 3.30. The number of carbonyl (C=O) groups is 1. The molecule has 0 aromatic rings. The van der Waals surface area contributed by atoms with Gasteiger partial charge in [0.25, 0.3) is 0 Å². The molecule has 0 radical (unpaired) electrons. The molecule has 90 valence electrons. The number of rotatable bonds is 2. The fourth-order valence-corrected chi connectivity index (χ4v) is 4.48. The first-order valence-electron chi connectivity index (χ1n) is 6.95. The zero-order chi connectivity index (χ0) is 11.2. The number of ether oxygens (including phenoxy) is 1. The maximum Gasteiger partial charge on any atom is 0.306 e. The summed E-state index contributed by atoms with van der Waals surface area (Å²) in [6.45, 7) is 1.90. The van der Waals surface area contributed by atoms with Crippen LogP contribution in [0.15, 0.2) is 0 Å². The van der Waals surface area contributed by atoms with Crippen LogP contribution in [0.2, 0.25) is 0 Å². The molecular formula is C14H22O2. The van der Waals surface area contributed by atoms with E-state index in [4.69, 9.17) is 4.74 Å². The number of esters is 1. The molecule has 4 atom stereocenters. The zero-order valence-corrected chi connectivity index (χ0v) is 10.2. The van der Waals surface area contributed by atoms with Gasteiger partial charge in [0.1, 0.15) is 5.60 Å². The third kappa shape index (κ3) is 1.49. The van der Waals surface area contributed by atoms with Crippen molar-refractivity contribution in [2.45, 2.75) is 63.9 Å². The predicted molar refractivity (Wildman–Crippen MR) is 61.9 cm³/mol. The fourth-order valence-electron chi connectivity index (χ4n) is 4.48. The molecule has 3 aliphatic rings. The summed E-state index contributed by atoms with van der Waals surface area (Å²) in [6.07, 6.45) is 9.52. The summed E-state index contributed by atoms with van der Waals surface area (Å²) in [5.41, 5.74) is -0.0387. The van der Waals surface area contributed by atoms with Crippen molar-refractivity contribution >= 4 is 5.97 Å². The van der Waals surface area contributed by atoms with Gasteiger partial charge in [0, 0.05) is 6.42 Å². The topological polar surface area (TPSA) is 26.3 Å². The number of fused-ring (bicyclic) bond motifs is 6. The SMILES string of the molecule is CCC(=O)O[C@]12CCC[C@@H](C1)[C@H]1CC[C@@H]2C1. The summed E-state index contributed by atoms with van der Waals surface area (Å²) in [6, 6.07) is 0. The molecule has 2 heteroatoms. The van der Waals surface area contributed by atoms with Crippen LogP contribution in [0.25, 0.3) is 0 Å². The number of hydrogen-bond acceptors (Lipinski definition) is 2. The largest absolute Gasteiger partial charge is 0.459 e. The molecule has 2 nitrogen and oxygen atoms in total. The van der Waals surface area contributed by atoms with Gasteiger partial charge in [0.2, 0.25) is 0 Å². The van der Waals surface area contributed by atoms with Crippen LogP contribution in [0.1, 0.15) is 58.3 Å². The minimum Gasteiger partial charge on any atom is -0.459 e. The Balaban J connectivity index is 1.83. The summed E-state index contributed by atoms with van der Waals surface area (Å²) in [5, 5.41) is 0. The van der Waals surface area contributed by atoms with E-state index in [2.05, 4.69) is 0 Å². The highest BCUT2D eigenvalue weighted by Gasteiger charge is 2.54. The lowest BCUT2D eigenvalue weighted by Gasteiger charge is -2.48. The highest BCUT2D eigenvalue weighted by molar-refractivity contribution is 5.69. The number of hydrogen-bond donors (Lipinski definition) is 0. The first-order valence-corrected chi connectivity index (χ1v) is 6.95. The maximum absolute atomic E-state index is 11.6. The summed E-state index contributed by atoms with van der Waals surface area (Å²) in [7, 11) is 0. The van der Waals surface area contributed by atoms with Gasteiger partial charge in [0.15, 0.2) is 0 Å². The standard InChI is InChI=1S/C14H22O2/c1-2-13(15)16-14-7-3-4-11(9-14)10-5-6-12(14)8-10/h10-12H,2-9H2,1H3/t10-,11-,12+,14+/m0/s1. The molecule has 3 fully saturated rings. The van der Waals surface area contributed by atoms with E-state index in [1.165, 1.54) is 38.5 Å². The Bertz CT molecular complexity index is 299. The molecule has 0 amide bonds. The fraction of sp³-hybridized carbons (Fsp3) is 0.929. The third-order valence-corrected chi connectivity index (χ3v) is 5.27. The second-order valence-electron chi connectivity index (χ2n) is 6.02. The monoisotopic (exact) mass is 222 g/mol. The van der Waals surface area contributed by atoms with Gasteiger partial charge in [-0.05, 0) is 62.7 Å². The van der Waals surface area contributed by atoms with E-state index in [9.17, 15) is 4.79 Å². The Labute approximate surface area is 97.7 Å². The minimum absolute atomic E-state index is 0.0194. The molecule has 0 aliphatic heterocycles. The van der Waals surface area contributed by atoms with Gasteiger partial charge >= 0.3 is 5.97 Å². The Morgan fingerprint density at radius 1 is 1.31 bits per heavy atom. The molecule has 0 N–H and O–H groups in total. The van der Waals surface area contributed by atoms with Gasteiger partial charge in [0.05, 0.1) is 0 Å². The van der Waals surface area contributed by atoms with E-state index < -0.39 is 0 Å². The van der Waals surface area contributed by atoms with E-state index >= 15 is 0 Å². The van der Waals surface area contributed by atoms with Crippen molar-refractivity contribution in [3.05, 3.63) is 0 Å². The van der Waals surface area contributed by atoms with Gasteiger partial charge in [-0.1, -0.05) is 6.92 Å². The highest BCUT2D eigenvalue weighted by Crippen LogP contribution is 2.57. The molecule has 4 bridgehead atoms. The van der Waals surface area contributed by atoms with E-state index in [1.807, 2.05) is 6.92 Å². The third-order valence-electron chi connectivity index (χ3n) is 5.27. The molecule has 0 heterocycles. The Kier molecular flexibility index (Phi) is 2.49. The first-order chi connectivity index (χ1) is 7.73. The van der Waals surface area contributed by atoms with Gasteiger partial charge in [-0.2, -0.15) is 0 Å². The highest BCUT2D eigenvalue weighted by atomic mass is 16.6. The van der Waals surface area contributed by atoms with Crippen LogP contribution < -0.4 is 0 Å². The molecule has 3 saturated carbocycles. The minimum atomic E-state index is -0.0387. The van der Waals surface area contributed by atoms with E-state index in [-0.39, 0.29) is 11.6 Å². The van der Waals surface area contributed by atoms with Crippen molar-refractivity contribution in [2.24, 2.45) is 17.8 Å². The van der Waals surface area contributed by atoms with Crippen LogP contribution in [0.3, 0.4) is 0 Å². The smallest absolute Gasteiger partial charge is 0.306 e. The lowest BCUT2D eigenvalue weighted by molar-refractivity contribution is -0.178. The molecule has 16 heavy (non-hydrogen) atoms. The van der Waals surface area contributed by atoms with Gasteiger partial charge in [-0.25, -0.2) is 0 Å². The van der Waals surface area contributed by atoms with Crippen molar-refractivity contribution < 1.29 is 9.53 Å². The lowest BCUT2D eigenvalue weighted by Crippen LogP contribution is -2.49. The average molecular weight is 222 g/mol. The zero-order valence-electron chi connectivity index (χ0n) is 10.2. The molecule has 0 unspecified atom stereocenters. The second-order valence-corrected chi connectivity index (χ2v) is 6.02. The van der Waals surface area contributed by atoms with E-state index in [0.717, 1.165) is 18.3 Å².